The molecular formula is C16H26Cl3FN4O4S. The van der Waals surface area contributed by atoms with Gasteiger partial charge in [0.15, 0.2) is 0 Å². The fraction of sp³-hybridized carbons (Fsp3) is 0.938. The lowest BCUT2D eigenvalue weighted by molar-refractivity contribution is -0.129. The number of nitrogens with one attached hydrogen (secondary N) is 3. The van der Waals surface area contributed by atoms with E-state index in [0.29, 0.717) is 32.5 Å². The van der Waals surface area contributed by atoms with E-state index in [0.717, 1.165) is 0 Å². The normalized spacial score (nSPS) is 40.1. The highest BCUT2D eigenvalue weighted by atomic mass is 35.5. The predicted octanol–water partition coefficient (Wildman–Crippen LogP) is 1.08. The van der Waals surface area contributed by atoms with Gasteiger partial charge in [0.25, 0.3) is 0 Å². The highest BCUT2D eigenvalue weighted by molar-refractivity contribution is 7.90. The summed E-state index contributed by atoms with van der Waals surface area (Å²) in [5.74, 6) is -2.04. The average Bonchev–Trinajstić information content (AvgIpc) is 2.96. The summed E-state index contributed by atoms with van der Waals surface area (Å²) in [6, 6.07) is -0.271. The van der Waals surface area contributed by atoms with Crippen LogP contribution in [0.4, 0.5) is 4.39 Å². The number of likely N-dealkylation sites (N-methyl/N-ethyl adjacent to an activating group) is 1. The van der Waals surface area contributed by atoms with Crippen LogP contribution in [0.1, 0.15) is 25.7 Å². The van der Waals surface area contributed by atoms with Gasteiger partial charge in [-0.1, -0.05) is 11.6 Å². The number of amides is 1. The number of alkyl halides is 4. The first-order valence-corrected chi connectivity index (χ1v) is 12.4. The molecule has 8 nitrogen and oxygen atoms in total. The molecule has 3 aliphatic rings. The lowest BCUT2D eigenvalue weighted by Gasteiger charge is -2.38. The molecule has 2 heterocycles. The van der Waals surface area contributed by atoms with Crippen LogP contribution in [0.5, 0.6) is 0 Å². The zero-order valence-electron chi connectivity index (χ0n) is 15.9. The van der Waals surface area contributed by atoms with Gasteiger partial charge in [-0.05, 0) is 38.6 Å². The second-order valence-electron chi connectivity index (χ2n) is 7.81. The fourth-order valence-electron chi connectivity index (χ4n) is 4.15. The summed E-state index contributed by atoms with van der Waals surface area (Å²) in [6.07, 6.45) is -0.417. The quantitative estimate of drug-likeness (QED) is 0.300. The summed E-state index contributed by atoms with van der Waals surface area (Å²) in [6.45, 7) is 0.683. The molecule has 13 heteroatoms. The van der Waals surface area contributed by atoms with Crippen LogP contribution < -0.4 is 15.6 Å². The van der Waals surface area contributed by atoms with Gasteiger partial charge in [-0.3, -0.25) is 20.4 Å². The van der Waals surface area contributed by atoms with Crippen LogP contribution in [-0.4, -0.2) is 73.5 Å². The zero-order valence-corrected chi connectivity index (χ0v) is 18.9. The van der Waals surface area contributed by atoms with Crippen molar-refractivity contribution in [1.82, 2.24) is 20.5 Å². The molecule has 0 radical (unpaired) electrons. The van der Waals surface area contributed by atoms with Gasteiger partial charge in [-0.2, -0.15) is 0 Å². The van der Waals surface area contributed by atoms with E-state index in [2.05, 4.69) is 15.6 Å². The minimum atomic E-state index is -3.78. The van der Waals surface area contributed by atoms with Gasteiger partial charge in [0.2, 0.25) is 15.9 Å². The number of nitrogens with zero attached hydrogens (tertiary/aromatic N) is 1. The molecule has 3 rings (SSSR count). The molecule has 2 aliphatic heterocycles. The Morgan fingerprint density at radius 2 is 1.86 bits per heavy atom. The molecular weight excluding hydrogens is 470 g/mol. The Kier molecular flexibility index (Phi) is 7.92. The molecule has 1 saturated carbocycles. The third-order valence-corrected chi connectivity index (χ3v) is 9.12. The number of carbonyl (C=O) groups is 1. The molecule has 0 aromatic carbocycles. The summed E-state index contributed by atoms with van der Waals surface area (Å²) in [5, 5.41) is 1.59. The third kappa shape index (κ3) is 5.28. The van der Waals surface area contributed by atoms with Gasteiger partial charge in [0.05, 0.1) is 16.5 Å². The van der Waals surface area contributed by atoms with E-state index in [4.69, 9.17) is 39.5 Å². The maximum absolute atomic E-state index is 14.7. The predicted molar refractivity (Wildman–Crippen MR) is 109 cm³/mol. The largest absolute Gasteiger partial charge is 0.381 e. The van der Waals surface area contributed by atoms with Crippen molar-refractivity contribution in [3.05, 3.63) is 0 Å². The summed E-state index contributed by atoms with van der Waals surface area (Å²) in [7, 11) is -2.02. The first-order valence-electron chi connectivity index (χ1n) is 9.54. The van der Waals surface area contributed by atoms with Crippen LogP contribution >= 0.6 is 34.8 Å². The van der Waals surface area contributed by atoms with E-state index in [9.17, 15) is 17.6 Å². The summed E-state index contributed by atoms with van der Waals surface area (Å²) < 4.78 is 44.6. The van der Waals surface area contributed by atoms with E-state index in [1.165, 1.54) is 0 Å². The maximum atomic E-state index is 14.7. The Labute approximate surface area is 185 Å². The molecule has 168 valence electrons. The summed E-state index contributed by atoms with van der Waals surface area (Å²) in [5.41, 5.74) is 1.27. The number of sulfonamides is 1. The van der Waals surface area contributed by atoms with Crippen LogP contribution in [-0.2, 0) is 19.6 Å². The molecule has 3 fully saturated rings. The van der Waals surface area contributed by atoms with Crippen LogP contribution in [0, 0.1) is 11.8 Å². The average molecular weight is 496 g/mol. The molecule has 1 amide bonds. The van der Waals surface area contributed by atoms with Crippen molar-refractivity contribution in [3.63, 3.8) is 0 Å². The molecule has 3 N–H and O–H groups in total. The second-order valence-corrected chi connectivity index (χ2v) is 11.2. The van der Waals surface area contributed by atoms with E-state index < -0.39 is 49.8 Å². The van der Waals surface area contributed by atoms with Crippen LogP contribution in [0.2, 0.25) is 0 Å². The van der Waals surface area contributed by atoms with Crippen molar-refractivity contribution >= 4 is 50.7 Å². The Morgan fingerprint density at radius 3 is 2.45 bits per heavy atom. The van der Waals surface area contributed by atoms with Crippen molar-refractivity contribution in [1.29, 1.82) is 0 Å². The minimum absolute atomic E-state index is 0.174. The van der Waals surface area contributed by atoms with Gasteiger partial charge in [0, 0.05) is 19.3 Å². The molecule has 29 heavy (non-hydrogen) atoms. The number of ether oxygens (including phenoxy) is 1. The molecule has 0 aromatic heterocycles. The minimum Gasteiger partial charge on any atom is -0.381 e. The highest BCUT2D eigenvalue weighted by Crippen LogP contribution is 2.40. The van der Waals surface area contributed by atoms with Gasteiger partial charge in [0.1, 0.15) is 17.3 Å². The number of hydrazine groups is 1. The number of hydrogen-bond donors (Lipinski definition) is 3. The van der Waals surface area contributed by atoms with E-state index >= 15 is 0 Å². The topological polar surface area (TPSA) is 99.8 Å². The number of carbonyl (C=O) groups excluding carboxylic acids is 1. The number of rotatable bonds is 5. The van der Waals surface area contributed by atoms with Gasteiger partial charge < -0.3 is 4.74 Å². The van der Waals surface area contributed by atoms with Crippen molar-refractivity contribution in [2.45, 2.75) is 59.6 Å². The molecule has 7 atom stereocenters. The molecule has 7 unspecified atom stereocenters. The SMILES string of the molecule is CN1C(Cl)NC(C2CC(Cl)C(F)C(C(=O)NNS(=O)(=O)C3CCOCC3)C2)C1Cl. The highest BCUT2D eigenvalue weighted by Gasteiger charge is 2.48. The fourth-order valence-corrected chi connectivity index (χ4v) is 6.49. The molecule has 0 aromatic rings. The zero-order chi connectivity index (χ0) is 21.3. The Bertz CT molecular complexity index is 700. The molecule has 2 saturated heterocycles. The van der Waals surface area contributed by atoms with Gasteiger partial charge in [-0.25, -0.2) is 12.8 Å². The maximum Gasteiger partial charge on any atom is 0.241 e. The smallest absolute Gasteiger partial charge is 0.241 e. The van der Waals surface area contributed by atoms with Crippen LogP contribution in [0.3, 0.4) is 0 Å². The van der Waals surface area contributed by atoms with Gasteiger partial charge in [-0.15, -0.1) is 28.0 Å². The van der Waals surface area contributed by atoms with Crippen molar-refractivity contribution in [3.8, 4) is 0 Å². The third-order valence-electron chi connectivity index (χ3n) is 5.96. The van der Waals surface area contributed by atoms with Gasteiger partial charge >= 0.3 is 0 Å². The van der Waals surface area contributed by atoms with E-state index in [1.54, 1.807) is 11.9 Å². The second kappa shape index (κ2) is 9.68. The summed E-state index contributed by atoms with van der Waals surface area (Å²) >= 11 is 18.8. The van der Waals surface area contributed by atoms with Crippen molar-refractivity contribution < 1.29 is 22.3 Å². The first kappa shape index (κ1) is 23.7. The first-order chi connectivity index (χ1) is 13.6. The monoisotopic (exact) mass is 494 g/mol. The van der Waals surface area contributed by atoms with E-state index in [-0.39, 0.29) is 18.4 Å². The lowest BCUT2D eigenvalue weighted by atomic mass is 9.76. The Hall–Kier alpha value is 0.0600. The van der Waals surface area contributed by atoms with Crippen molar-refractivity contribution in [2.75, 3.05) is 20.3 Å². The number of hydrogen-bond acceptors (Lipinski definition) is 6. The van der Waals surface area contributed by atoms with Crippen molar-refractivity contribution in [2.24, 2.45) is 11.8 Å². The number of halogens is 4. The summed E-state index contributed by atoms with van der Waals surface area (Å²) in [4.78, 5) is 16.4. The van der Waals surface area contributed by atoms with E-state index in [1.807, 2.05) is 0 Å². The molecule has 0 spiro atoms. The van der Waals surface area contributed by atoms with Crippen LogP contribution in [0.25, 0.3) is 0 Å². The Morgan fingerprint density at radius 1 is 1.21 bits per heavy atom. The molecule has 0 bridgehead atoms. The standard InChI is InChI=1S/C16H26Cl3FN4O4S/c1-24-14(18)13(21-16(24)19)8-6-10(12(20)11(17)7-8)15(25)22-23-29(26,27)9-2-4-28-5-3-9/h8-14,16,21,23H,2-7H2,1H3,(H,22,25). The Balaban J connectivity index is 1.62. The van der Waals surface area contributed by atoms with Crippen LogP contribution in [0.15, 0.2) is 0 Å². The lowest BCUT2D eigenvalue weighted by Crippen LogP contribution is -2.54. The molecule has 1 aliphatic carbocycles.